The molecule has 0 N–H and O–H groups in total. The summed E-state index contributed by atoms with van der Waals surface area (Å²) in [6.45, 7) is 7.51. The fraction of sp³-hybridized carbons (Fsp3) is 0.552. The normalized spacial score (nSPS) is 22.7. The third kappa shape index (κ3) is 7.88. The number of nitrogens with zero attached hydrogens (tertiary/aromatic N) is 1. The van der Waals surface area contributed by atoms with Crippen LogP contribution < -0.4 is 4.74 Å². The van der Waals surface area contributed by atoms with Crippen LogP contribution in [0.2, 0.25) is 0 Å². The highest BCUT2D eigenvalue weighted by Crippen LogP contribution is 2.43. The molecule has 4 heteroatoms. The van der Waals surface area contributed by atoms with Gasteiger partial charge in [-0.1, -0.05) is 74.7 Å². The molecule has 0 spiro atoms. The van der Waals surface area contributed by atoms with Gasteiger partial charge in [-0.15, -0.1) is 0 Å². The highest BCUT2D eigenvalue weighted by Gasteiger charge is 2.48. The second-order valence-corrected chi connectivity index (χ2v) is 9.89. The summed E-state index contributed by atoms with van der Waals surface area (Å²) >= 11 is 0. The van der Waals surface area contributed by atoms with Crippen molar-refractivity contribution in [3.63, 3.8) is 0 Å². The maximum atomic E-state index is 9.17. The molecule has 3 rings (SSSR count). The molecule has 0 bridgehead atoms. The summed E-state index contributed by atoms with van der Waals surface area (Å²) in [6, 6.07) is 22.6. The van der Waals surface area contributed by atoms with Crippen molar-refractivity contribution in [2.24, 2.45) is 11.3 Å². The van der Waals surface area contributed by atoms with Gasteiger partial charge in [0.15, 0.2) is 0 Å². The monoisotopic (exact) mass is 449 g/mol. The predicted molar refractivity (Wildman–Crippen MR) is 132 cm³/mol. The average Bonchev–Trinajstić information content (AvgIpc) is 3.19. The van der Waals surface area contributed by atoms with Crippen LogP contribution in [0, 0.1) is 22.7 Å². The SMILES string of the molecule is CCC1CC(OCc2ccccc2)(Oc2ccccc2)CC1OCCCCCC(C)(C)C#N. The summed E-state index contributed by atoms with van der Waals surface area (Å²) in [5.74, 6) is 0.558. The lowest BCUT2D eigenvalue weighted by Gasteiger charge is -2.31. The van der Waals surface area contributed by atoms with Crippen molar-refractivity contribution in [1.29, 1.82) is 5.26 Å². The molecule has 1 aliphatic rings. The number of hydrogen-bond acceptors (Lipinski definition) is 4. The number of nitriles is 1. The first-order valence-corrected chi connectivity index (χ1v) is 12.4. The quantitative estimate of drug-likeness (QED) is 0.238. The van der Waals surface area contributed by atoms with E-state index >= 15 is 0 Å². The van der Waals surface area contributed by atoms with Crippen LogP contribution >= 0.6 is 0 Å². The van der Waals surface area contributed by atoms with Crippen molar-refractivity contribution in [2.45, 2.75) is 84.2 Å². The van der Waals surface area contributed by atoms with Gasteiger partial charge in [-0.05, 0) is 50.3 Å². The van der Waals surface area contributed by atoms with E-state index in [0.717, 1.165) is 62.9 Å². The number of hydrogen-bond donors (Lipinski definition) is 0. The summed E-state index contributed by atoms with van der Waals surface area (Å²) < 4.78 is 19.4. The Morgan fingerprint density at radius 1 is 0.970 bits per heavy atom. The summed E-state index contributed by atoms with van der Waals surface area (Å²) in [7, 11) is 0. The van der Waals surface area contributed by atoms with Gasteiger partial charge in [0.25, 0.3) is 0 Å². The fourth-order valence-corrected chi connectivity index (χ4v) is 4.55. The molecule has 4 nitrogen and oxygen atoms in total. The molecule has 3 atom stereocenters. The first-order valence-electron chi connectivity index (χ1n) is 12.4. The lowest BCUT2D eigenvalue weighted by Crippen LogP contribution is -2.37. The van der Waals surface area contributed by atoms with E-state index in [0.29, 0.717) is 12.5 Å². The maximum Gasteiger partial charge on any atom is 0.213 e. The van der Waals surface area contributed by atoms with E-state index in [1.165, 1.54) is 0 Å². The summed E-state index contributed by atoms with van der Waals surface area (Å²) in [5.41, 5.74) is 0.913. The molecular formula is C29H39NO3. The second kappa shape index (κ2) is 12.2. The fourth-order valence-electron chi connectivity index (χ4n) is 4.55. The zero-order valence-electron chi connectivity index (χ0n) is 20.5. The molecule has 2 aromatic rings. The van der Waals surface area contributed by atoms with E-state index in [-0.39, 0.29) is 11.5 Å². The van der Waals surface area contributed by atoms with Crippen LogP contribution in [-0.2, 0) is 16.1 Å². The van der Waals surface area contributed by atoms with Gasteiger partial charge in [0.1, 0.15) is 5.75 Å². The Hall–Kier alpha value is -2.35. The van der Waals surface area contributed by atoms with Gasteiger partial charge >= 0.3 is 0 Å². The van der Waals surface area contributed by atoms with Crippen LogP contribution in [0.25, 0.3) is 0 Å². The van der Waals surface area contributed by atoms with Crippen molar-refractivity contribution in [3.8, 4) is 11.8 Å². The van der Waals surface area contributed by atoms with E-state index in [1.54, 1.807) is 0 Å². The smallest absolute Gasteiger partial charge is 0.213 e. The van der Waals surface area contributed by atoms with Gasteiger partial charge < -0.3 is 14.2 Å². The van der Waals surface area contributed by atoms with Crippen molar-refractivity contribution in [1.82, 2.24) is 0 Å². The second-order valence-electron chi connectivity index (χ2n) is 9.89. The van der Waals surface area contributed by atoms with Gasteiger partial charge in [0.2, 0.25) is 5.79 Å². The molecule has 1 fully saturated rings. The van der Waals surface area contributed by atoms with E-state index < -0.39 is 5.79 Å². The van der Waals surface area contributed by atoms with Crippen LogP contribution in [0.3, 0.4) is 0 Å². The number of rotatable bonds is 13. The molecule has 0 radical (unpaired) electrons. The number of ether oxygens (including phenoxy) is 3. The third-order valence-corrected chi connectivity index (χ3v) is 6.61. The summed E-state index contributed by atoms with van der Waals surface area (Å²) in [5, 5.41) is 9.17. The van der Waals surface area contributed by atoms with Crippen LogP contribution in [-0.4, -0.2) is 18.5 Å². The average molecular weight is 450 g/mol. The van der Waals surface area contributed by atoms with Crippen LogP contribution in [0.5, 0.6) is 5.75 Å². The third-order valence-electron chi connectivity index (χ3n) is 6.61. The first-order chi connectivity index (χ1) is 16.0. The molecule has 2 aromatic carbocycles. The minimum Gasteiger partial charge on any atom is -0.462 e. The van der Waals surface area contributed by atoms with Crippen LogP contribution in [0.15, 0.2) is 60.7 Å². The zero-order valence-corrected chi connectivity index (χ0v) is 20.5. The first kappa shape index (κ1) is 25.3. The van der Waals surface area contributed by atoms with Crippen molar-refractivity contribution in [3.05, 3.63) is 66.2 Å². The van der Waals surface area contributed by atoms with E-state index in [2.05, 4.69) is 25.1 Å². The summed E-state index contributed by atoms with van der Waals surface area (Å²) in [6.07, 6.45) is 6.83. The van der Waals surface area contributed by atoms with Gasteiger partial charge in [0, 0.05) is 19.4 Å². The van der Waals surface area contributed by atoms with Crippen LogP contribution in [0.1, 0.15) is 71.3 Å². The van der Waals surface area contributed by atoms with Gasteiger partial charge in [-0.3, -0.25) is 0 Å². The van der Waals surface area contributed by atoms with E-state index in [9.17, 15) is 0 Å². The molecule has 33 heavy (non-hydrogen) atoms. The van der Waals surface area contributed by atoms with E-state index in [1.807, 2.05) is 62.4 Å². The lowest BCUT2D eigenvalue weighted by atomic mass is 9.89. The molecule has 0 aromatic heterocycles. The van der Waals surface area contributed by atoms with Crippen LogP contribution in [0.4, 0.5) is 0 Å². The van der Waals surface area contributed by atoms with Gasteiger partial charge in [-0.25, -0.2) is 0 Å². The van der Waals surface area contributed by atoms with Gasteiger partial charge in [-0.2, -0.15) is 5.26 Å². The molecule has 0 aliphatic heterocycles. The largest absolute Gasteiger partial charge is 0.462 e. The Kier molecular flexibility index (Phi) is 9.35. The van der Waals surface area contributed by atoms with Crippen molar-refractivity contribution in [2.75, 3.05) is 6.61 Å². The highest BCUT2D eigenvalue weighted by molar-refractivity contribution is 5.22. The number of benzene rings is 2. The Labute approximate surface area is 199 Å². The standard InChI is InChI=1S/C29H39NO3/c1-4-25-20-29(33-26-16-10-6-11-17-26,32-22-24-14-8-5-9-15-24)21-27(25)31-19-13-7-12-18-28(2,3)23-30/h5-6,8-11,14-17,25,27H,4,7,12-13,18-22H2,1-3H3. The van der Waals surface area contributed by atoms with Crippen molar-refractivity contribution >= 4 is 0 Å². The predicted octanol–water partition coefficient (Wildman–Crippen LogP) is 7.29. The minimum atomic E-state index is -0.681. The molecule has 1 aliphatic carbocycles. The topological polar surface area (TPSA) is 51.5 Å². The molecule has 0 saturated heterocycles. The summed E-state index contributed by atoms with van der Waals surface area (Å²) in [4.78, 5) is 0. The highest BCUT2D eigenvalue weighted by atomic mass is 16.7. The molecule has 0 amide bonds. The minimum absolute atomic E-state index is 0.130. The Morgan fingerprint density at radius 3 is 2.33 bits per heavy atom. The molecule has 1 saturated carbocycles. The Bertz CT molecular complexity index is 861. The Morgan fingerprint density at radius 2 is 1.67 bits per heavy atom. The van der Waals surface area contributed by atoms with Crippen molar-refractivity contribution < 1.29 is 14.2 Å². The molecule has 3 unspecified atom stereocenters. The molecule has 0 heterocycles. The number of para-hydroxylation sites is 1. The molecule has 178 valence electrons. The lowest BCUT2D eigenvalue weighted by molar-refractivity contribution is -0.192. The molecular weight excluding hydrogens is 410 g/mol. The maximum absolute atomic E-state index is 9.17. The van der Waals surface area contributed by atoms with Gasteiger partial charge in [0.05, 0.1) is 24.2 Å². The number of unbranched alkanes of at least 4 members (excludes halogenated alkanes) is 2. The van der Waals surface area contributed by atoms with E-state index in [4.69, 9.17) is 19.5 Å². The Balaban J connectivity index is 1.58. The zero-order chi connectivity index (χ0) is 23.6.